The predicted octanol–water partition coefficient (Wildman–Crippen LogP) is 6.37. The molecule has 1 heteroatoms. The highest BCUT2D eigenvalue weighted by atomic mass is 31.1. The minimum absolute atomic E-state index is 0.671. The number of hydrogen-bond acceptors (Lipinski definition) is 0. The monoisotopic (exact) mass is 392 g/mol. The van der Waals surface area contributed by atoms with Gasteiger partial charge in [0.25, 0.3) is 0 Å². The van der Waals surface area contributed by atoms with Crippen LogP contribution in [0.25, 0.3) is 17.2 Å². The van der Waals surface area contributed by atoms with Gasteiger partial charge in [0, 0.05) is 0 Å². The summed E-state index contributed by atoms with van der Waals surface area (Å²) in [5.41, 5.74) is 6.43. The van der Waals surface area contributed by atoms with Crippen LogP contribution in [0.1, 0.15) is 16.7 Å². The third-order valence-corrected chi connectivity index (χ3v) is 7.78. The lowest BCUT2D eigenvalue weighted by molar-refractivity contribution is 1.41. The molecular formula is C28H25P. The molecule has 142 valence electrons. The fourth-order valence-electron chi connectivity index (χ4n) is 3.95. The summed E-state index contributed by atoms with van der Waals surface area (Å²) in [4.78, 5) is 0. The second-order valence-corrected chi connectivity index (χ2v) is 9.40. The average Bonchev–Trinajstić information content (AvgIpc) is 2.76. The maximum absolute atomic E-state index is 4.08. The summed E-state index contributed by atoms with van der Waals surface area (Å²) in [7, 11) is -0.671. The average molecular weight is 392 g/mol. The van der Waals surface area contributed by atoms with Crippen LogP contribution in [0.15, 0.2) is 104 Å². The summed E-state index contributed by atoms with van der Waals surface area (Å²) in [5, 5.41) is 4.14. The first-order valence-corrected chi connectivity index (χ1v) is 11.3. The van der Waals surface area contributed by atoms with Crippen molar-refractivity contribution in [3.05, 3.63) is 120 Å². The van der Waals surface area contributed by atoms with E-state index in [-0.39, 0.29) is 0 Å². The standard InChI is InChI=1S/C28H25P/c1-4-23-15-11-13-21(2)27(23)28-22(3)14-12-20-26(28)29(24-16-7-5-8-17-24)25-18-9-6-10-19-25/h4-20H,1H2,2-3H3. The predicted molar refractivity (Wildman–Crippen MR) is 130 cm³/mol. The van der Waals surface area contributed by atoms with Crippen LogP contribution in [0.3, 0.4) is 0 Å². The molecule has 0 N–H and O–H groups in total. The van der Waals surface area contributed by atoms with Crippen molar-refractivity contribution >= 4 is 29.9 Å². The van der Waals surface area contributed by atoms with Gasteiger partial charge in [0.05, 0.1) is 0 Å². The van der Waals surface area contributed by atoms with Crippen molar-refractivity contribution in [3.63, 3.8) is 0 Å². The zero-order valence-electron chi connectivity index (χ0n) is 17.0. The molecule has 0 nitrogen and oxygen atoms in total. The van der Waals surface area contributed by atoms with Gasteiger partial charge < -0.3 is 0 Å². The second-order valence-electron chi connectivity index (χ2n) is 7.22. The summed E-state index contributed by atoms with van der Waals surface area (Å²) < 4.78 is 0. The Hall–Kier alpha value is -2.95. The molecule has 0 atom stereocenters. The molecule has 4 aromatic carbocycles. The summed E-state index contributed by atoms with van der Waals surface area (Å²) in [6.07, 6.45) is 1.98. The largest absolute Gasteiger partial charge is 0.0984 e. The summed E-state index contributed by atoms with van der Waals surface area (Å²) in [6.45, 7) is 8.51. The molecule has 0 aromatic heterocycles. The van der Waals surface area contributed by atoms with E-state index >= 15 is 0 Å². The molecule has 0 radical (unpaired) electrons. The van der Waals surface area contributed by atoms with Crippen molar-refractivity contribution < 1.29 is 0 Å². The number of rotatable bonds is 5. The van der Waals surface area contributed by atoms with E-state index < -0.39 is 7.92 Å². The molecule has 29 heavy (non-hydrogen) atoms. The molecule has 0 amide bonds. The van der Waals surface area contributed by atoms with Gasteiger partial charge in [0.1, 0.15) is 0 Å². The highest BCUT2D eigenvalue weighted by Crippen LogP contribution is 2.40. The SMILES string of the molecule is C=Cc1cccc(C)c1-c1c(C)cccc1P(c1ccccc1)c1ccccc1. The normalized spacial score (nSPS) is 10.9. The summed E-state index contributed by atoms with van der Waals surface area (Å²) in [6, 6.07) is 35.0. The van der Waals surface area contributed by atoms with E-state index in [1.165, 1.54) is 43.7 Å². The molecule has 0 saturated carbocycles. The Kier molecular flexibility index (Phi) is 5.74. The zero-order valence-corrected chi connectivity index (χ0v) is 17.9. The van der Waals surface area contributed by atoms with Crippen molar-refractivity contribution in [1.29, 1.82) is 0 Å². The minimum Gasteiger partial charge on any atom is -0.0984 e. The van der Waals surface area contributed by atoms with E-state index in [2.05, 4.69) is 117 Å². The molecule has 0 unspecified atom stereocenters. The van der Waals surface area contributed by atoms with E-state index in [4.69, 9.17) is 0 Å². The topological polar surface area (TPSA) is 0 Å². The van der Waals surface area contributed by atoms with Crippen molar-refractivity contribution in [2.75, 3.05) is 0 Å². The van der Waals surface area contributed by atoms with Crippen molar-refractivity contribution in [2.45, 2.75) is 13.8 Å². The van der Waals surface area contributed by atoms with Gasteiger partial charge in [-0.1, -0.05) is 110 Å². The Labute approximate surface area is 175 Å². The maximum atomic E-state index is 4.08. The number of benzene rings is 4. The Bertz CT molecular complexity index is 1090. The zero-order chi connectivity index (χ0) is 20.2. The Morgan fingerprint density at radius 2 is 1.10 bits per heavy atom. The van der Waals surface area contributed by atoms with Crippen LogP contribution in [-0.4, -0.2) is 0 Å². The van der Waals surface area contributed by atoms with Crippen LogP contribution in [-0.2, 0) is 0 Å². The third kappa shape index (κ3) is 3.82. The maximum Gasteiger partial charge on any atom is -0.00624 e. The Morgan fingerprint density at radius 1 is 0.586 bits per heavy atom. The lowest BCUT2D eigenvalue weighted by Crippen LogP contribution is -2.23. The quantitative estimate of drug-likeness (QED) is 0.346. The molecule has 0 bridgehead atoms. The van der Waals surface area contributed by atoms with Crippen LogP contribution in [0.5, 0.6) is 0 Å². The second kappa shape index (κ2) is 8.60. The van der Waals surface area contributed by atoms with Gasteiger partial charge in [-0.3, -0.25) is 0 Å². The van der Waals surface area contributed by atoms with Crippen molar-refractivity contribution in [3.8, 4) is 11.1 Å². The van der Waals surface area contributed by atoms with Gasteiger partial charge in [0.15, 0.2) is 0 Å². The first-order valence-electron chi connectivity index (χ1n) is 9.93. The lowest BCUT2D eigenvalue weighted by Gasteiger charge is -2.25. The van der Waals surface area contributed by atoms with E-state index in [1.807, 2.05) is 6.08 Å². The fraction of sp³-hybridized carbons (Fsp3) is 0.0714. The fourth-order valence-corrected chi connectivity index (χ4v) is 6.49. The summed E-state index contributed by atoms with van der Waals surface area (Å²) >= 11 is 0. The number of hydrogen-bond donors (Lipinski definition) is 0. The van der Waals surface area contributed by atoms with Crippen LogP contribution in [0, 0.1) is 13.8 Å². The van der Waals surface area contributed by atoms with Gasteiger partial charge in [-0.25, -0.2) is 0 Å². The van der Waals surface area contributed by atoms with Gasteiger partial charge in [-0.2, -0.15) is 0 Å². The molecule has 0 heterocycles. The smallest absolute Gasteiger partial charge is 0.00624 e. The van der Waals surface area contributed by atoms with Gasteiger partial charge >= 0.3 is 0 Å². The molecule has 0 saturated heterocycles. The van der Waals surface area contributed by atoms with E-state index in [9.17, 15) is 0 Å². The lowest BCUT2D eigenvalue weighted by atomic mass is 9.92. The highest BCUT2D eigenvalue weighted by Gasteiger charge is 2.22. The van der Waals surface area contributed by atoms with Crippen LogP contribution < -0.4 is 15.9 Å². The molecule has 0 aliphatic heterocycles. The Balaban J connectivity index is 2.04. The first-order chi connectivity index (χ1) is 14.2. The van der Waals surface area contributed by atoms with Gasteiger partial charge in [-0.15, -0.1) is 0 Å². The van der Waals surface area contributed by atoms with Crippen LogP contribution >= 0.6 is 7.92 Å². The van der Waals surface area contributed by atoms with Crippen LogP contribution in [0.4, 0.5) is 0 Å². The van der Waals surface area contributed by atoms with Gasteiger partial charge in [0.2, 0.25) is 0 Å². The van der Waals surface area contributed by atoms with Gasteiger partial charge in [-0.05, 0) is 65.5 Å². The van der Waals surface area contributed by atoms with E-state index in [0.717, 1.165) is 0 Å². The molecule has 0 aliphatic carbocycles. The van der Waals surface area contributed by atoms with E-state index in [0.29, 0.717) is 0 Å². The molecule has 4 aromatic rings. The first kappa shape index (κ1) is 19.4. The third-order valence-electron chi connectivity index (χ3n) is 5.30. The molecule has 4 rings (SSSR count). The molecular weight excluding hydrogens is 367 g/mol. The molecule has 0 aliphatic rings. The van der Waals surface area contributed by atoms with E-state index in [1.54, 1.807) is 0 Å². The highest BCUT2D eigenvalue weighted by molar-refractivity contribution is 7.80. The summed E-state index contributed by atoms with van der Waals surface area (Å²) in [5.74, 6) is 0. The minimum atomic E-state index is -0.671. The Morgan fingerprint density at radius 3 is 1.66 bits per heavy atom. The van der Waals surface area contributed by atoms with Crippen molar-refractivity contribution in [2.24, 2.45) is 0 Å². The number of aryl methyl sites for hydroxylation is 2. The molecule has 0 spiro atoms. The van der Waals surface area contributed by atoms with Crippen LogP contribution in [0.2, 0.25) is 0 Å². The molecule has 0 fully saturated rings. The van der Waals surface area contributed by atoms with Crippen molar-refractivity contribution in [1.82, 2.24) is 0 Å².